The Morgan fingerprint density at radius 3 is 2.38 bits per heavy atom. The molecule has 16 heavy (non-hydrogen) atoms. The van der Waals surface area contributed by atoms with Crippen LogP contribution in [0.1, 0.15) is 33.6 Å². The molecule has 3 heteroatoms. The summed E-state index contributed by atoms with van der Waals surface area (Å²) in [6.45, 7) is 9.39. The van der Waals surface area contributed by atoms with E-state index in [0.717, 1.165) is 19.6 Å². The maximum atomic E-state index is 12.1. The highest BCUT2D eigenvalue weighted by atomic mass is 16.2. The van der Waals surface area contributed by atoms with Crippen molar-refractivity contribution in [3.63, 3.8) is 0 Å². The molecule has 1 heterocycles. The van der Waals surface area contributed by atoms with E-state index in [0.29, 0.717) is 17.7 Å². The second-order valence-corrected chi connectivity index (χ2v) is 5.44. The lowest BCUT2D eigenvalue weighted by molar-refractivity contribution is -0.135. The van der Waals surface area contributed by atoms with Crippen molar-refractivity contribution in [3.8, 4) is 0 Å². The molecule has 0 aromatic rings. The average molecular weight is 226 g/mol. The summed E-state index contributed by atoms with van der Waals surface area (Å²) in [7, 11) is 1.95. The van der Waals surface area contributed by atoms with E-state index in [1.165, 1.54) is 12.8 Å². The normalized spacial score (nSPS) is 19.8. The van der Waals surface area contributed by atoms with Crippen molar-refractivity contribution < 1.29 is 4.79 Å². The van der Waals surface area contributed by atoms with Crippen LogP contribution in [0.4, 0.5) is 0 Å². The zero-order valence-corrected chi connectivity index (χ0v) is 11.1. The fraction of sp³-hybridized carbons (Fsp3) is 0.923. The Hall–Kier alpha value is -0.570. The quantitative estimate of drug-likeness (QED) is 0.792. The van der Waals surface area contributed by atoms with Crippen LogP contribution in [0.5, 0.6) is 0 Å². The third kappa shape index (κ3) is 3.78. The fourth-order valence-corrected chi connectivity index (χ4v) is 2.17. The molecular weight excluding hydrogens is 200 g/mol. The summed E-state index contributed by atoms with van der Waals surface area (Å²) in [5.74, 6) is 1.57. The summed E-state index contributed by atoms with van der Waals surface area (Å²) in [5.41, 5.74) is 0. The van der Waals surface area contributed by atoms with Crippen LogP contribution in [0.3, 0.4) is 0 Å². The topological polar surface area (TPSA) is 32.3 Å². The highest BCUT2D eigenvalue weighted by molar-refractivity contribution is 5.78. The van der Waals surface area contributed by atoms with Gasteiger partial charge in [0.25, 0.3) is 0 Å². The number of piperidine rings is 1. The van der Waals surface area contributed by atoms with Crippen molar-refractivity contribution in [3.05, 3.63) is 0 Å². The van der Waals surface area contributed by atoms with Crippen molar-refractivity contribution in [1.82, 2.24) is 10.2 Å². The summed E-state index contributed by atoms with van der Waals surface area (Å²) < 4.78 is 0. The van der Waals surface area contributed by atoms with E-state index in [2.05, 4.69) is 19.2 Å². The molecule has 1 saturated heterocycles. The molecule has 0 aliphatic carbocycles. The number of carbonyl (C=O) groups excluding carboxylic acids is 1. The molecular formula is C13H26N2O. The van der Waals surface area contributed by atoms with Gasteiger partial charge in [-0.15, -0.1) is 0 Å². The SMILES string of the molecule is CC(C)C(C)C(=O)N(C)CC1CCNCC1. The second kappa shape index (κ2) is 6.24. The minimum Gasteiger partial charge on any atom is -0.345 e. The van der Waals surface area contributed by atoms with Gasteiger partial charge in [0.15, 0.2) is 0 Å². The minimum absolute atomic E-state index is 0.145. The first kappa shape index (κ1) is 13.5. The number of hydrogen-bond donors (Lipinski definition) is 1. The van der Waals surface area contributed by atoms with Gasteiger partial charge in [0.2, 0.25) is 5.91 Å². The van der Waals surface area contributed by atoms with Crippen LogP contribution < -0.4 is 5.32 Å². The van der Waals surface area contributed by atoms with Crippen LogP contribution in [0.25, 0.3) is 0 Å². The maximum absolute atomic E-state index is 12.1. The van der Waals surface area contributed by atoms with Crippen molar-refractivity contribution >= 4 is 5.91 Å². The molecule has 0 radical (unpaired) electrons. The van der Waals surface area contributed by atoms with E-state index in [1.807, 2.05) is 18.9 Å². The van der Waals surface area contributed by atoms with Crippen molar-refractivity contribution in [2.45, 2.75) is 33.6 Å². The maximum Gasteiger partial charge on any atom is 0.225 e. The van der Waals surface area contributed by atoms with E-state index < -0.39 is 0 Å². The Kier molecular flexibility index (Phi) is 5.26. The fourth-order valence-electron chi connectivity index (χ4n) is 2.17. The zero-order chi connectivity index (χ0) is 12.1. The molecule has 1 fully saturated rings. The Labute approximate surface area is 99.6 Å². The van der Waals surface area contributed by atoms with Crippen molar-refractivity contribution in [2.24, 2.45) is 17.8 Å². The van der Waals surface area contributed by atoms with Crippen LogP contribution in [0.15, 0.2) is 0 Å². The molecule has 1 amide bonds. The predicted octanol–water partition coefficient (Wildman–Crippen LogP) is 1.74. The van der Waals surface area contributed by atoms with E-state index in [4.69, 9.17) is 0 Å². The summed E-state index contributed by atoms with van der Waals surface area (Å²) in [6.07, 6.45) is 2.40. The highest BCUT2D eigenvalue weighted by Gasteiger charge is 2.23. The first-order chi connectivity index (χ1) is 7.52. The summed E-state index contributed by atoms with van der Waals surface area (Å²) >= 11 is 0. The van der Waals surface area contributed by atoms with Crippen LogP contribution in [0.2, 0.25) is 0 Å². The third-order valence-corrected chi connectivity index (χ3v) is 3.76. The van der Waals surface area contributed by atoms with Gasteiger partial charge in [-0.05, 0) is 37.8 Å². The number of hydrogen-bond acceptors (Lipinski definition) is 2. The van der Waals surface area contributed by atoms with E-state index >= 15 is 0 Å². The van der Waals surface area contributed by atoms with E-state index in [-0.39, 0.29) is 5.92 Å². The van der Waals surface area contributed by atoms with Crippen molar-refractivity contribution in [1.29, 1.82) is 0 Å². The molecule has 1 N–H and O–H groups in total. The van der Waals surface area contributed by atoms with Gasteiger partial charge in [-0.3, -0.25) is 4.79 Å². The summed E-state index contributed by atoms with van der Waals surface area (Å²) in [4.78, 5) is 14.0. The monoisotopic (exact) mass is 226 g/mol. The predicted molar refractivity (Wildman–Crippen MR) is 67.2 cm³/mol. The second-order valence-electron chi connectivity index (χ2n) is 5.44. The molecule has 0 bridgehead atoms. The lowest BCUT2D eigenvalue weighted by Gasteiger charge is -2.30. The van der Waals surface area contributed by atoms with Crippen LogP contribution in [-0.4, -0.2) is 37.5 Å². The van der Waals surface area contributed by atoms with Gasteiger partial charge in [0.1, 0.15) is 0 Å². The molecule has 0 spiro atoms. The minimum atomic E-state index is 0.145. The molecule has 1 rings (SSSR count). The molecule has 1 atom stereocenters. The first-order valence-corrected chi connectivity index (χ1v) is 6.48. The molecule has 0 aromatic carbocycles. The number of amides is 1. The highest BCUT2D eigenvalue weighted by Crippen LogP contribution is 2.17. The molecule has 0 aromatic heterocycles. The summed E-state index contributed by atoms with van der Waals surface area (Å²) in [5, 5.41) is 3.35. The molecule has 3 nitrogen and oxygen atoms in total. The zero-order valence-electron chi connectivity index (χ0n) is 11.1. The van der Waals surface area contributed by atoms with Gasteiger partial charge in [0, 0.05) is 19.5 Å². The Morgan fingerprint density at radius 1 is 1.31 bits per heavy atom. The number of carbonyl (C=O) groups is 1. The van der Waals surface area contributed by atoms with Gasteiger partial charge in [-0.2, -0.15) is 0 Å². The third-order valence-electron chi connectivity index (χ3n) is 3.76. The standard InChI is InChI=1S/C13H26N2O/c1-10(2)11(3)13(16)15(4)9-12-5-7-14-8-6-12/h10-12,14H,5-9H2,1-4H3. The molecule has 1 aliphatic heterocycles. The smallest absolute Gasteiger partial charge is 0.225 e. The van der Waals surface area contributed by atoms with E-state index in [9.17, 15) is 4.79 Å². The largest absolute Gasteiger partial charge is 0.345 e. The van der Waals surface area contributed by atoms with Gasteiger partial charge in [-0.1, -0.05) is 20.8 Å². The molecule has 1 aliphatic rings. The molecule has 94 valence electrons. The average Bonchev–Trinajstić information content (AvgIpc) is 2.28. The Bertz CT molecular complexity index is 222. The molecule has 1 unspecified atom stereocenters. The van der Waals surface area contributed by atoms with Crippen LogP contribution >= 0.6 is 0 Å². The Balaban J connectivity index is 2.38. The van der Waals surface area contributed by atoms with Crippen molar-refractivity contribution in [2.75, 3.05) is 26.7 Å². The van der Waals surface area contributed by atoms with Crippen LogP contribution in [-0.2, 0) is 4.79 Å². The summed E-state index contributed by atoms with van der Waals surface area (Å²) in [6, 6.07) is 0. The number of rotatable bonds is 4. The first-order valence-electron chi connectivity index (χ1n) is 6.48. The lowest BCUT2D eigenvalue weighted by Crippen LogP contribution is -2.40. The number of nitrogens with zero attached hydrogens (tertiary/aromatic N) is 1. The Morgan fingerprint density at radius 2 is 1.88 bits per heavy atom. The van der Waals surface area contributed by atoms with E-state index in [1.54, 1.807) is 0 Å². The molecule has 0 saturated carbocycles. The van der Waals surface area contributed by atoms with Gasteiger partial charge >= 0.3 is 0 Å². The van der Waals surface area contributed by atoms with Gasteiger partial charge in [-0.25, -0.2) is 0 Å². The van der Waals surface area contributed by atoms with Gasteiger partial charge < -0.3 is 10.2 Å². The van der Waals surface area contributed by atoms with Gasteiger partial charge in [0.05, 0.1) is 0 Å². The lowest BCUT2D eigenvalue weighted by atomic mass is 9.94. The van der Waals surface area contributed by atoms with Crippen LogP contribution in [0, 0.1) is 17.8 Å². The number of nitrogens with one attached hydrogen (secondary N) is 1.